The Kier molecular flexibility index (Phi) is 9.80. The van der Waals surface area contributed by atoms with Crippen LogP contribution in [0.15, 0.2) is 48.8 Å². The number of amides is 2. The second-order valence-electron chi connectivity index (χ2n) is 6.91. The van der Waals surface area contributed by atoms with Gasteiger partial charge in [0.15, 0.2) is 6.61 Å². The summed E-state index contributed by atoms with van der Waals surface area (Å²) in [4.78, 5) is 36.8. The number of pyridine rings is 1. The lowest BCUT2D eigenvalue weighted by Crippen LogP contribution is -2.46. The summed E-state index contributed by atoms with van der Waals surface area (Å²) < 4.78 is 10.7. The van der Waals surface area contributed by atoms with E-state index < -0.39 is 0 Å². The van der Waals surface area contributed by atoms with E-state index in [9.17, 15) is 9.59 Å². The van der Waals surface area contributed by atoms with Gasteiger partial charge in [0.2, 0.25) is 0 Å². The van der Waals surface area contributed by atoms with Crippen molar-refractivity contribution in [2.45, 2.75) is 37.8 Å². The molecule has 1 aromatic heterocycles. The fourth-order valence-electron chi connectivity index (χ4n) is 3.33. The highest BCUT2D eigenvalue weighted by atomic mass is 16.5. The van der Waals surface area contributed by atoms with E-state index in [2.05, 4.69) is 15.6 Å². The number of hydrogen-bond acceptors (Lipinski definition) is 6. The van der Waals surface area contributed by atoms with Gasteiger partial charge in [0.05, 0.1) is 7.11 Å². The van der Waals surface area contributed by atoms with Gasteiger partial charge in [-0.1, -0.05) is 6.07 Å². The molecule has 1 saturated carbocycles. The maximum absolute atomic E-state index is 12.3. The van der Waals surface area contributed by atoms with Crippen LogP contribution in [-0.2, 0) is 9.59 Å². The van der Waals surface area contributed by atoms with Gasteiger partial charge in [0.25, 0.3) is 18.3 Å². The van der Waals surface area contributed by atoms with Gasteiger partial charge in [-0.2, -0.15) is 0 Å². The number of aromatic nitrogens is 1. The third-order valence-corrected chi connectivity index (χ3v) is 4.73. The summed E-state index contributed by atoms with van der Waals surface area (Å²) in [6.07, 6.45) is 6.66. The molecule has 1 heterocycles. The van der Waals surface area contributed by atoms with Gasteiger partial charge in [0, 0.05) is 36.1 Å². The van der Waals surface area contributed by atoms with E-state index in [1.54, 1.807) is 43.8 Å². The van der Waals surface area contributed by atoms with E-state index in [0.29, 0.717) is 23.5 Å². The summed E-state index contributed by atoms with van der Waals surface area (Å²) in [6, 6.07) is 10.6. The molecule has 0 bridgehead atoms. The van der Waals surface area contributed by atoms with Gasteiger partial charge in [-0.25, -0.2) is 0 Å². The van der Waals surface area contributed by atoms with Crippen molar-refractivity contribution in [2.75, 3.05) is 13.7 Å². The molecular formula is C22H27N3O6. The molecule has 0 saturated heterocycles. The topological polar surface area (TPSA) is 127 Å². The molecule has 9 heteroatoms. The lowest BCUT2D eigenvalue weighted by atomic mass is 9.90. The first-order valence-corrected chi connectivity index (χ1v) is 9.90. The van der Waals surface area contributed by atoms with Gasteiger partial charge in [-0.15, -0.1) is 0 Å². The number of methoxy groups -OCH3 is 1. The van der Waals surface area contributed by atoms with E-state index in [4.69, 9.17) is 19.4 Å². The van der Waals surface area contributed by atoms with Crippen molar-refractivity contribution >= 4 is 18.3 Å². The van der Waals surface area contributed by atoms with Crippen molar-refractivity contribution in [3.63, 3.8) is 0 Å². The molecule has 31 heavy (non-hydrogen) atoms. The summed E-state index contributed by atoms with van der Waals surface area (Å²) in [5.74, 6) is 0.980. The molecular weight excluding hydrogens is 402 g/mol. The minimum atomic E-state index is -0.250. The largest absolute Gasteiger partial charge is 0.497 e. The molecule has 0 radical (unpaired) electrons. The number of benzene rings is 1. The van der Waals surface area contributed by atoms with Crippen molar-refractivity contribution in [2.24, 2.45) is 0 Å². The van der Waals surface area contributed by atoms with Crippen LogP contribution in [0.1, 0.15) is 36.0 Å². The molecule has 0 unspecified atom stereocenters. The second-order valence-corrected chi connectivity index (χ2v) is 6.91. The van der Waals surface area contributed by atoms with Crippen LogP contribution < -0.4 is 20.1 Å². The summed E-state index contributed by atoms with van der Waals surface area (Å²) in [7, 11) is 1.58. The SMILES string of the molecule is COc1cccc(OCC(=O)N[C@@H]2CCC[C@@H](NC(=O)c3ccncc3)C2)c1.O=CO. The molecule has 2 amide bonds. The predicted octanol–water partition coefficient (Wildman–Crippen LogP) is 2.03. The number of nitrogens with one attached hydrogen (secondary N) is 2. The van der Waals surface area contributed by atoms with E-state index in [1.807, 2.05) is 12.1 Å². The number of rotatable bonds is 7. The number of nitrogens with zero attached hydrogens (tertiary/aromatic N) is 1. The third-order valence-electron chi connectivity index (χ3n) is 4.73. The Hall–Kier alpha value is -3.62. The predicted molar refractivity (Wildman–Crippen MR) is 113 cm³/mol. The highest BCUT2D eigenvalue weighted by Crippen LogP contribution is 2.20. The standard InChI is InChI=1S/C21H25N3O4.CH2O2/c1-27-18-6-3-7-19(13-18)28-14-20(25)23-16-4-2-5-17(12-16)24-21(26)15-8-10-22-11-9-15;2-1-3/h3,6-11,13,16-17H,2,4-5,12,14H2,1H3,(H,23,25)(H,24,26);1H,(H,2,3)/t16-,17-;/m1./s1. The normalized spacial score (nSPS) is 17.3. The zero-order valence-corrected chi connectivity index (χ0v) is 17.3. The molecule has 0 aliphatic heterocycles. The monoisotopic (exact) mass is 429 g/mol. The van der Waals surface area contributed by atoms with Crippen molar-refractivity contribution in [3.05, 3.63) is 54.4 Å². The highest BCUT2D eigenvalue weighted by molar-refractivity contribution is 5.94. The molecule has 1 aliphatic rings. The van der Waals surface area contributed by atoms with Crippen LogP contribution >= 0.6 is 0 Å². The Labute approximate surface area is 180 Å². The van der Waals surface area contributed by atoms with Crippen LogP contribution in [0.4, 0.5) is 0 Å². The molecule has 166 valence electrons. The summed E-state index contributed by atoms with van der Waals surface area (Å²) in [5.41, 5.74) is 0.591. The fraction of sp³-hybridized carbons (Fsp3) is 0.364. The molecule has 9 nitrogen and oxygen atoms in total. The molecule has 2 aromatic rings. The van der Waals surface area contributed by atoms with Crippen molar-refractivity contribution < 1.29 is 29.0 Å². The van der Waals surface area contributed by atoms with Crippen LogP contribution in [0.3, 0.4) is 0 Å². The summed E-state index contributed by atoms with van der Waals surface area (Å²) >= 11 is 0. The van der Waals surface area contributed by atoms with Crippen LogP contribution in [0, 0.1) is 0 Å². The average Bonchev–Trinajstić information content (AvgIpc) is 2.79. The van der Waals surface area contributed by atoms with Crippen LogP contribution in [0.25, 0.3) is 0 Å². The van der Waals surface area contributed by atoms with Gasteiger partial charge >= 0.3 is 0 Å². The van der Waals surface area contributed by atoms with Crippen LogP contribution in [0.5, 0.6) is 11.5 Å². The Bertz CT molecular complexity index is 846. The molecule has 1 fully saturated rings. The first-order valence-electron chi connectivity index (χ1n) is 9.90. The second kappa shape index (κ2) is 12.8. The van der Waals surface area contributed by atoms with E-state index in [1.165, 1.54) is 0 Å². The van der Waals surface area contributed by atoms with Crippen LogP contribution in [0.2, 0.25) is 0 Å². The molecule has 3 N–H and O–H groups in total. The lowest BCUT2D eigenvalue weighted by Gasteiger charge is -2.30. The van der Waals surface area contributed by atoms with Gasteiger partial charge < -0.3 is 25.2 Å². The Balaban J connectivity index is 0.00000107. The minimum Gasteiger partial charge on any atom is -0.497 e. The number of hydrogen-bond donors (Lipinski definition) is 3. The number of carbonyl (C=O) groups excluding carboxylic acids is 2. The van der Waals surface area contributed by atoms with E-state index in [0.717, 1.165) is 19.3 Å². The molecule has 3 rings (SSSR count). The highest BCUT2D eigenvalue weighted by Gasteiger charge is 2.24. The minimum absolute atomic E-state index is 0.0258. The average molecular weight is 429 g/mol. The maximum Gasteiger partial charge on any atom is 0.290 e. The van der Waals surface area contributed by atoms with Crippen molar-refractivity contribution in [1.82, 2.24) is 15.6 Å². The zero-order chi connectivity index (χ0) is 22.5. The van der Waals surface area contributed by atoms with E-state index in [-0.39, 0.29) is 37.0 Å². The maximum atomic E-state index is 12.3. The lowest BCUT2D eigenvalue weighted by molar-refractivity contribution is -0.124. The van der Waals surface area contributed by atoms with Gasteiger partial charge in [0.1, 0.15) is 11.5 Å². The number of carboxylic acid groups (broad SMARTS) is 1. The fourth-order valence-corrected chi connectivity index (χ4v) is 3.33. The molecule has 1 aromatic carbocycles. The van der Waals surface area contributed by atoms with Crippen LogP contribution in [-0.4, -0.2) is 54.2 Å². The third kappa shape index (κ3) is 8.33. The quantitative estimate of drug-likeness (QED) is 0.575. The van der Waals surface area contributed by atoms with Crippen molar-refractivity contribution in [1.29, 1.82) is 0 Å². The Morgan fingerprint density at radius 3 is 2.45 bits per heavy atom. The zero-order valence-electron chi connectivity index (χ0n) is 17.3. The molecule has 1 aliphatic carbocycles. The van der Waals surface area contributed by atoms with E-state index >= 15 is 0 Å². The summed E-state index contributed by atoms with van der Waals surface area (Å²) in [6.45, 7) is -0.308. The first kappa shape index (κ1) is 23.7. The first-order chi connectivity index (χ1) is 15.0. The Morgan fingerprint density at radius 2 is 1.77 bits per heavy atom. The Morgan fingerprint density at radius 1 is 1.13 bits per heavy atom. The smallest absolute Gasteiger partial charge is 0.290 e. The van der Waals surface area contributed by atoms with Gasteiger partial charge in [-0.3, -0.25) is 19.4 Å². The molecule has 2 atom stereocenters. The van der Waals surface area contributed by atoms with Crippen molar-refractivity contribution in [3.8, 4) is 11.5 Å². The van der Waals surface area contributed by atoms with Gasteiger partial charge in [-0.05, 0) is 49.9 Å². The summed E-state index contributed by atoms with van der Waals surface area (Å²) in [5, 5.41) is 12.9. The number of carbonyl (C=O) groups is 3. The number of ether oxygens (including phenoxy) is 2. The molecule has 0 spiro atoms.